The van der Waals surface area contributed by atoms with Crippen LogP contribution in [0.1, 0.15) is 233 Å². The van der Waals surface area contributed by atoms with Gasteiger partial charge in [-0.25, -0.2) is 34.4 Å². The molecule has 2 rings (SSSR count). The summed E-state index contributed by atoms with van der Waals surface area (Å²) in [6.07, 6.45) is 37.8. The molecule has 0 aromatic rings. The van der Waals surface area contributed by atoms with Gasteiger partial charge in [0.05, 0.1) is 13.3 Å². The second-order valence-corrected chi connectivity index (χ2v) is 22.7. The summed E-state index contributed by atoms with van der Waals surface area (Å²) in [6.45, 7) is 17.8. The standard InChI is InChI=1S/2C22H46N2.C3H6O.2C2H2F4O3S.2ClH.2K/c2*1-3-4-5-6-7-8-9-10-11-12-13-14-15-16-17-18-19-24-21-20-23(2)22-24;1-3(2)4;2*3-1(4)2(5,6)10(7,8)9;;;;/h2*3-22H2,1-2H3;1-2H3;2*1H,(H,7,8,9);2*1H;;/q;;;;;;;2*+1/p-3. The third kappa shape index (κ3) is 58.4. The summed E-state index contributed by atoms with van der Waals surface area (Å²) in [5.41, 5.74) is 0. The smallest absolute Gasteiger partial charge is 1.00 e. The van der Waals surface area contributed by atoms with E-state index >= 15 is 0 Å². The molecule has 0 atom stereocenters. The number of halogens is 10. The predicted octanol–water partition coefficient (Wildman–Crippen LogP) is 5.71. The van der Waals surface area contributed by atoms with Crippen LogP contribution in [0.4, 0.5) is 35.1 Å². The van der Waals surface area contributed by atoms with Gasteiger partial charge in [0, 0.05) is 26.2 Å². The van der Waals surface area contributed by atoms with Crippen molar-refractivity contribution >= 4 is 38.4 Å². The normalized spacial score (nSPS) is 14.3. The number of carbonyl (C=O) groups is 1. The van der Waals surface area contributed by atoms with Gasteiger partial charge in [0.2, 0.25) is 0 Å². The van der Waals surface area contributed by atoms with Crippen LogP contribution in [0.2, 0.25) is 0 Å². The molecule has 0 aliphatic carbocycles. The van der Waals surface area contributed by atoms with E-state index in [4.69, 9.17) is 0 Å². The van der Waals surface area contributed by atoms with Gasteiger partial charge in [-0.1, -0.05) is 206 Å². The van der Waals surface area contributed by atoms with Gasteiger partial charge in [-0.3, -0.25) is 19.6 Å². The van der Waals surface area contributed by atoms with Crippen molar-refractivity contribution in [2.45, 2.75) is 257 Å². The average Bonchev–Trinajstić information content (AvgIpc) is 3.92. The van der Waals surface area contributed by atoms with Crippen LogP contribution in [0.3, 0.4) is 0 Å². The molecule has 0 unspecified atom stereocenters. The van der Waals surface area contributed by atoms with E-state index in [1.165, 1.54) is 272 Å². The van der Waals surface area contributed by atoms with Crippen molar-refractivity contribution in [2.24, 2.45) is 0 Å². The first-order valence-electron chi connectivity index (χ1n) is 27.3. The van der Waals surface area contributed by atoms with E-state index in [1.807, 2.05) is 0 Å². The van der Waals surface area contributed by atoms with E-state index in [2.05, 4.69) is 47.5 Å². The van der Waals surface area contributed by atoms with Crippen molar-refractivity contribution in [3.63, 3.8) is 0 Å². The number of ketones is 1. The Hall–Kier alpha value is 2.62. The number of alkyl halides is 8. The third-order valence-electron chi connectivity index (χ3n) is 12.3. The van der Waals surface area contributed by atoms with Gasteiger partial charge in [0.1, 0.15) is 5.78 Å². The molecule has 76 heavy (non-hydrogen) atoms. The van der Waals surface area contributed by atoms with Gasteiger partial charge in [-0.15, -0.1) is 12.4 Å². The minimum atomic E-state index is -6.23. The monoisotopic (exact) mass is 1250 g/mol. The fraction of sp³-hybridized carbons (Fsp3) is 0.980. The molecule has 11 nitrogen and oxygen atoms in total. The van der Waals surface area contributed by atoms with Crippen molar-refractivity contribution < 1.29 is 181 Å². The summed E-state index contributed by atoms with van der Waals surface area (Å²) in [5.74, 6) is 0.167. The Bertz CT molecular complexity index is 1380. The Balaban J connectivity index is -0.000000171. The summed E-state index contributed by atoms with van der Waals surface area (Å²) in [5, 5.41) is -11.0. The van der Waals surface area contributed by atoms with Crippen LogP contribution in [0.15, 0.2) is 0 Å². The van der Waals surface area contributed by atoms with Gasteiger partial charge in [0.25, 0.3) is 0 Å². The van der Waals surface area contributed by atoms with Gasteiger partial charge in [-0.2, -0.15) is 17.6 Å². The summed E-state index contributed by atoms with van der Waals surface area (Å²) in [6, 6.07) is 0. The fourth-order valence-corrected chi connectivity index (χ4v) is 8.38. The van der Waals surface area contributed by atoms with E-state index in [1.54, 1.807) is 0 Å². The molecule has 2 saturated heterocycles. The molecule has 0 radical (unpaired) electrons. The molecule has 0 aromatic heterocycles. The zero-order chi connectivity index (χ0) is 55.3. The minimum Gasteiger partial charge on any atom is -1.00 e. The molecular weight excluding hydrogens is 1150 g/mol. The Morgan fingerprint density at radius 2 is 0.605 bits per heavy atom. The number of Topliss-reactive ketones (excluding diaryl/α,β-unsaturated/α-hetero) is 1. The molecule has 0 saturated carbocycles. The fourth-order valence-electron chi connectivity index (χ4n) is 7.94. The largest absolute Gasteiger partial charge is 1.00 e. The molecule has 2 fully saturated rings. The summed E-state index contributed by atoms with van der Waals surface area (Å²) in [4.78, 5) is 19.5. The van der Waals surface area contributed by atoms with E-state index in [9.17, 15) is 65.9 Å². The maximum absolute atomic E-state index is 11.4. The Morgan fingerprint density at radius 3 is 0.724 bits per heavy atom. The molecule has 2 aliphatic rings. The van der Waals surface area contributed by atoms with Crippen LogP contribution in [0, 0.1) is 0 Å². The molecule has 0 aromatic carbocycles. The third-order valence-corrected chi connectivity index (χ3v) is 14.0. The Kier molecular flexibility index (Phi) is 72.1. The Labute approximate surface area is 555 Å². The van der Waals surface area contributed by atoms with Crippen LogP contribution in [-0.4, -0.2) is 141 Å². The number of carbonyl (C=O) groups excluding carboxylic acids is 1. The summed E-state index contributed by atoms with van der Waals surface area (Å²) in [7, 11) is -8.01. The molecule has 2 aliphatic heterocycles. The van der Waals surface area contributed by atoms with E-state index in [-0.39, 0.29) is 133 Å². The van der Waals surface area contributed by atoms with Crippen LogP contribution >= 0.6 is 12.4 Å². The first kappa shape index (κ1) is 92.3. The minimum absolute atomic E-state index is 0. The Morgan fingerprint density at radius 1 is 0.434 bits per heavy atom. The zero-order valence-corrected chi connectivity index (χ0v) is 57.7. The maximum atomic E-state index is 11.4. The van der Waals surface area contributed by atoms with E-state index in [0.717, 1.165) is 0 Å². The predicted molar refractivity (Wildman–Crippen MR) is 282 cm³/mol. The number of unbranched alkanes of at least 4 members (excludes halogenated alkanes) is 30. The first-order valence-corrected chi connectivity index (χ1v) is 30.1. The SMILES string of the molecule is CC(C)=O.CCCCCCCCCCCCCCCCCCN1CCN(C)C1.CCCCCCCCCCCCCCCCCCN1CCN(C)C1.Cl.O=S(=O)([O-])C(F)(F)C(F)F.O=S(=O)([O-])C(F)(F)C(F)F.[Cl-].[K+].[K+]. The molecule has 25 heteroatoms. The van der Waals surface area contributed by atoms with Crippen molar-refractivity contribution in [3.8, 4) is 0 Å². The van der Waals surface area contributed by atoms with Gasteiger partial charge < -0.3 is 26.3 Å². The molecular formula is C51H101Cl2F8K2N4O7S2-. The van der Waals surface area contributed by atoms with Crippen molar-refractivity contribution in [1.82, 2.24) is 19.6 Å². The van der Waals surface area contributed by atoms with Crippen molar-refractivity contribution in [2.75, 3.05) is 66.7 Å². The van der Waals surface area contributed by atoms with Crippen LogP contribution < -0.4 is 115 Å². The number of hydrogen-bond acceptors (Lipinski definition) is 11. The van der Waals surface area contributed by atoms with E-state index in [0.29, 0.717) is 0 Å². The first-order chi connectivity index (χ1) is 33.8. The van der Waals surface area contributed by atoms with Crippen molar-refractivity contribution in [1.29, 1.82) is 0 Å². The van der Waals surface area contributed by atoms with E-state index < -0.39 is 43.6 Å². The average molecular weight is 1250 g/mol. The maximum Gasteiger partial charge on any atom is 1.00 e. The molecule has 0 bridgehead atoms. The number of likely N-dealkylation sites (N-methyl/N-ethyl adjacent to an activating group) is 2. The molecule has 0 spiro atoms. The summed E-state index contributed by atoms with van der Waals surface area (Å²) < 4.78 is 145. The molecule has 452 valence electrons. The molecule has 0 N–H and O–H groups in total. The van der Waals surface area contributed by atoms with Crippen LogP contribution in [0.25, 0.3) is 0 Å². The van der Waals surface area contributed by atoms with Crippen LogP contribution in [0.5, 0.6) is 0 Å². The van der Waals surface area contributed by atoms with Gasteiger partial charge in [-0.05, 0) is 53.9 Å². The second kappa shape index (κ2) is 59.4. The quantitative estimate of drug-likeness (QED) is 0.0325. The zero-order valence-electron chi connectivity index (χ0n) is 48.2. The van der Waals surface area contributed by atoms with Crippen LogP contribution in [-0.2, 0) is 25.0 Å². The topological polar surface area (TPSA) is 144 Å². The number of hydrogen-bond donors (Lipinski definition) is 0. The summed E-state index contributed by atoms with van der Waals surface area (Å²) >= 11 is 0. The molecule has 2 heterocycles. The molecule has 0 amide bonds. The second-order valence-electron chi connectivity index (χ2n) is 19.8. The van der Waals surface area contributed by atoms with Gasteiger partial charge in [0.15, 0.2) is 20.2 Å². The van der Waals surface area contributed by atoms with Crippen molar-refractivity contribution in [3.05, 3.63) is 0 Å². The number of nitrogens with zero attached hydrogens (tertiary/aromatic N) is 4. The number of rotatable bonds is 38. The van der Waals surface area contributed by atoms with Gasteiger partial charge >= 0.3 is 126 Å².